The number of nitrogens with zero attached hydrogens (tertiary/aromatic N) is 1. The van der Waals surface area contributed by atoms with Gasteiger partial charge in [-0.25, -0.2) is 0 Å². The molecule has 2 aromatic rings. The van der Waals surface area contributed by atoms with Gasteiger partial charge in [-0.1, -0.05) is 12.1 Å². The molecular weight excluding hydrogens is 254 g/mol. The Morgan fingerprint density at radius 3 is 2.50 bits per heavy atom. The molecule has 0 saturated carbocycles. The van der Waals surface area contributed by atoms with E-state index in [4.69, 9.17) is 0 Å². The maximum Gasteiger partial charge on any atom is 0.258 e. The lowest BCUT2D eigenvalue weighted by atomic mass is 10.1. The Balaban J connectivity index is 2.42. The molecule has 2 rings (SSSR count). The van der Waals surface area contributed by atoms with Crippen LogP contribution in [0.3, 0.4) is 0 Å². The lowest BCUT2D eigenvalue weighted by Crippen LogP contribution is -2.31. The number of hydrogen-bond acceptors (Lipinski definition) is 3. The van der Waals surface area contributed by atoms with Crippen molar-refractivity contribution >= 4 is 11.6 Å². The zero-order chi connectivity index (χ0) is 14.7. The smallest absolute Gasteiger partial charge is 0.258 e. The molecule has 1 amide bonds. The van der Waals surface area contributed by atoms with Crippen LogP contribution < -0.4 is 4.90 Å². The van der Waals surface area contributed by atoms with E-state index < -0.39 is 0 Å². The number of aromatic hydroxyl groups is 2. The lowest BCUT2D eigenvalue weighted by molar-refractivity contribution is 0.0987. The van der Waals surface area contributed by atoms with Crippen LogP contribution in [0.1, 0.15) is 22.8 Å². The van der Waals surface area contributed by atoms with E-state index >= 15 is 0 Å². The Bertz CT molecular complexity index is 637. The summed E-state index contributed by atoms with van der Waals surface area (Å²) in [5.74, 6) is 0.00990. The molecule has 20 heavy (non-hydrogen) atoms. The van der Waals surface area contributed by atoms with Crippen LogP contribution in [0.15, 0.2) is 42.5 Å². The second-order valence-corrected chi connectivity index (χ2v) is 4.52. The van der Waals surface area contributed by atoms with Crippen LogP contribution in [0, 0.1) is 6.92 Å². The predicted octanol–water partition coefficient (Wildman–Crippen LogP) is 3.07. The van der Waals surface area contributed by atoms with Crippen LogP contribution in [-0.2, 0) is 0 Å². The maximum absolute atomic E-state index is 12.6. The van der Waals surface area contributed by atoms with Crippen molar-refractivity contribution in [2.45, 2.75) is 13.8 Å². The molecule has 0 fully saturated rings. The molecule has 4 nitrogen and oxygen atoms in total. The van der Waals surface area contributed by atoms with Crippen molar-refractivity contribution in [2.75, 3.05) is 11.4 Å². The van der Waals surface area contributed by atoms with Crippen LogP contribution in [0.5, 0.6) is 11.5 Å². The van der Waals surface area contributed by atoms with Crippen molar-refractivity contribution in [3.63, 3.8) is 0 Å². The van der Waals surface area contributed by atoms with Crippen LogP contribution in [0.4, 0.5) is 5.69 Å². The van der Waals surface area contributed by atoms with Gasteiger partial charge in [-0.05, 0) is 38.1 Å². The third kappa shape index (κ3) is 2.59. The van der Waals surface area contributed by atoms with Crippen LogP contribution in [0.2, 0.25) is 0 Å². The summed E-state index contributed by atoms with van der Waals surface area (Å²) in [5, 5.41) is 19.2. The first-order valence-corrected chi connectivity index (χ1v) is 6.44. The predicted molar refractivity (Wildman–Crippen MR) is 78.3 cm³/mol. The molecule has 0 saturated heterocycles. The van der Waals surface area contributed by atoms with Crippen LogP contribution in [-0.4, -0.2) is 22.7 Å². The van der Waals surface area contributed by atoms with E-state index in [1.165, 1.54) is 0 Å². The molecule has 0 radical (unpaired) electrons. The average Bonchev–Trinajstić information content (AvgIpc) is 2.42. The van der Waals surface area contributed by atoms with Gasteiger partial charge in [0, 0.05) is 29.4 Å². The fourth-order valence-corrected chi connectivity index (χ4v) is 2.10. The zero-order valence-corrected chi connectivity index (χ0v) is 11.5. The number of amides is 1. The highest BCUT2D eigenvalue weighted by molar-refractivity contribution is 6.07. The Kier molecular flexibility index (Phi) is 3.94. The molecule has 0 unspecified atom stereocenters. The van der Waals surface area contributed by atoms with Crippen molar-refractivity contribution in [3.05, 3.63) is 53.6 Å². The second-order valence-electron chi connectivity index (χ2n) is 4.52. The summed E-state index contributed by atoms with van der Waals surface area (Å²) >= 11 is 0. The first kappa shape index (κ1) is 13.9. The molecule has 0 aliphatic carbocycles. The zero-order valence-electron chi connectivity index (χ0n) is 11.5. The number of benzene rings is 2. The number of carbonyl (C=O) groups excluding carboxylic acids is 1. The third-order valence-corrected chi connectivity index (χ3v) is 3.24. The molecule has 0 bridgehead atoms. The van der Waals surface area contributed by atoms with Crippen molar-refractivity contribution in [3.8, 4) is 11.5 Å². The molecule has 0 spiro atoms. The number of hydrogen-bond donors (Lipinski definition) is 2. The largest absolute Gasteiger partial charge is 0.508 e. The fraction of sp³-hybridized carbons (Fsp3) is 0.188. The minimum atomic E-state index is -0.202. The lowest BCUT2D eigenvalue weighted by Gasteiger charge is -2.22. The minimum Gasteiger partial charge on any atom is -0.508 e. The molecule has 104 valence electrons. The average molecular weight is 271 g/mol. The summed E-state index contributed by atoms with van der Waals surface area (Å²) in [4.78, 5) is 14.2. The third-order valence-electron chi connectivity index (χ3n) is 3.24. The molecule has 0 aromatic heterocycles. The number of rotatable bonds is 3. The van der Waals surface area contributed by atoms with Crippen molar-refractivity contribution in [1.82, 2.24) is 0 Å². The molecule has 4 heteroatoms. The van der Waals surface area contributed by atoms with E-state index in [-0.39, 0.29) is 17.4 Å². The molecule has 2 N–H and O–H groups in total. The normalized spacial score (nSPS) is 10.3. The van der Waals surface area contributed by atoms with Gasteiger partial charge < -0.3 is 15.1 Å². The maximum atomic E-state index is 12.6. The van der Waals surface area contributed by atoms with Gasteiger partial charge in [0.15, 0.2) is 0 Å². The van der Waals surface area contributed by atoms with E-state index in [9.17, 15) is 15.0 Å². The van der Waals surface area contributed by atoms with Crippen molar-refractivity contribution in [2.24, 2.45) is 0 Å². The van der Waals surface area contributed by atoms with E-state index in [2.05, 4.69) is 0 Å². The molecule has 0 aliphatic rings. The number of phenolic OH excluding ortho intramolecular Hbond substituents is 2. The van der Waals surface area contributed by atoms with Gasteiger partial charge in [-0.15, -0.1) is 0 Å². The van der Waals surface area contributed by atoms with E-state index in [0.717, 1.165) is 0 Å². The molecule has 0 aliphatic heterocycles. The Morgan fingerprint density at radius 1 is 1.15 bits per heavy atom. The van der Waals surface area contributed by atoms with E-state index in [1.54, 1.807) is 54.3 Å². The second kappa shape index (κ2) is 5.65. The highest BCUT2D eigenvalue weighted by Crippen LogP contribution is 2.25. The summed E-state index contributed by atoms with van der Waals surface area (Å²) in [6.07, 6.45) is 0. The highest BCUT2D eigenvalue weighted by atomic mass is 16.3. The number of carbonyl (C=O) groups is 1. The molecule has 0 heterocycles. The Labute approximate surface area is 117 Å². The van der Waals surface area contributed by atoms with Gasteiger partial charge in [0.2, 0.25) is 0 Å². The van der Waals surface area contributed by atoms with Gasteiger partial charge in [0.1, 0.15) is 11.5 Å². The van der Waals surface area contributed by atoms with Crippen molar-refractivity contribution < 1.29 is 15.0 Å². The van der Waals surface area contributed by atoms with Crippen molar-refractivity contribution in [1.29, 1.82) is 0 Å². The Hall–Kier alpha value is -2.49. The summed E-state index contributed by atoms with van der Waals surface area (Å²) in [7, 11) is 0. The fourth-order valence-electron chi connectivity index (χ4n) is 2.10. The number of phenols is 2. The summed E-state index contributed by atoms with van der Waals surface area (Å²) in [5.41, 5.74) is 1.63. The molecule has 0 atom stereocenters. The van der Waals surface area contributed by atoms with Gasteiger partial charge >= 0.3 is 0 Å². The topological polar surface area (TPSA) is 60.8 Å². The SMILES string of the molecule is CCN(C(=O)c1cccc(O)c1C)c1cccc(O)c1. The monoisotopic (exact) mass is 271 g/mol. The van der Waals surface area contributed by atoms with E-state index in [0.29, 0.717) is 23.4 Å². The van der Waals surface area contributed by atoms with Gasteiger partial charge in [-0.2, -0.15) is 0 Å². The summed E-state index contributed by atoms with van der Waals surface area (Å²) in [6, 6.07) is 11.4. The molecule has 2 aromatic carbocycles. The van der Waals surface area contributed by atoms with Gasteiger partial charge in [-0.3, -0.25) is 4.79 Å². The highest BCUT2D eigenvalue weighted by Gasteiger charge is 2.19. The first-order chi connectivity index (χ1) is 9.54. The van der Waals surface area contributed by atoms with Crippen LogP contribution in [0.25, 0.3) is 0 Å². The number of anilines is 1. The minimum absolute atomic E-state index is 0.0998. The Morgan fingerprint density at radius 2 is 1.85 bits per heavy atom. The summed E-state index contributed by atoms with van der Waals surface area (Å²) in [6.45, 7) is 4.04. The van der Waals surface area contributed by atoms with E-state index in [1.807, 2.05) is 6.92 Å². The van der Waals surface area contributed by atoms with Gasteiger partial charge in [0.25, 0.3) is 5.91 Å². The molecular formula is C16H17NO3. The quantitative estimate of drug-likeness (QED) is 0.901. The standard InChI is InChI=1S/C16H17NO3/c1-3-17(12-6-4-7-13(18)10-12)16(20)14-8-5-9-15(19)11(14)2/h4-10,18-19H,3H2,1-2H3. The van der Waals surface area contributed by atoms with Gasteiger partial charge in [0.05, 0.1) is 0 Å². The summed E-state index contributed by atoms with van der Waals surface area (Å²) < 4.78 is 0. The first-order valence-electron chi connectivity index (χ1n) is 6.44. The van der Waals surface area contributed by atoms with Crippen LogP contribution >= 0.6 is 0 Å².